The van der Waals surface area contributed by atoms with E-state index in [4.69, 9.17) is 14.4 Å². The molecule has 0 bridgehead atoms. The minimum absolute atomic E-state index is 0.676. The van der Waals surface area contributed by atoms with Crippen molar-refractivity contribution in [1.82, 2.24) is 9.97 Å². The topological polar surface area (TPSA) is 42.2 Å². The predicted molar refractivity (Wildman–Crippen MR) is 190 cm³/mol. The number of para-hydroxylation sites is 3. The summed E-state index contributed by atoms with van der Waals surface area (Å²) in [5.41, 5.74) is 8.65. The Labute approximate surface area is 265 Å². The Balaban J connectivity index is 1.32. The molecule has 4 nitrogen and oxygen atoms in total. The molecule has 2 heterocycles. The molecule has 2 aromatic heterocycles. The fraction of sp³-hybridized carbons (Fsp3) is 0. The summed E-state index contributed by atoms with van der Waals surface area (Å²) in [4.78, 5) is 12.6. The molecule has 0 atom stereocenters. The van der Waals surface area contributed by atoms with Gasteiger partial charge < -0.3 is 9.32 Å². The number of furan rings is 1. The van der Waals surface area contributed by atoms with Crippen LogP contribution in [0.2, 0.25) is 0 Å². The molecule has 0 saturated carbocycles. The number of aromatic nitrogens is 2. The predicted octanol–water partition coefficient (Wildman–Crippen LogP) is 11.5. The van der Waals surface area contributed by atoms with Gasteiger partial charge >= 0.3 is 0 Å². The van der Waals surface area contributed by atoms with Crippen LogP contribution >= 0.6 is 0 Å². The monoisotopic (exact) mass is 589 g/mol. The third-order valence-electron chi connectivity index (χ3n) is 8.63. The zero-order valence-electron chi connectivity index (χ0n) is 24.8. The molecule has 0 fully saturated rings. The van der Waals surface area contributed by atoms with E-state index >= 15 is 0 Å². The highest BCUT2D eigenvalue weighted by Crippen LogP contribution is 2.43. The van der Waals surface area contributed by atoms with Crippen molar-refractivity contribution in [3.05, 3.63) is 164 Å². The maximum atomic E-state index is 6.81. The second-order valence-electron chi connectivity index (χ2n) is 11.4. The molecule has 216 valence electrons. The van der Waals surface area contributed by atoms with E-state index in [1.165, 1.54) is 0 Å². The van der Waals surface area contributed by atoms with Crippen molar-refractivity contribution in [3.63, 3.8) is 0 Å². The zero-order chi connectivity index (χ0) is 30.5. The minimum Gasteiger partial charge on any atom is -0.455 e. The molecule has 0 radical (unpaired) electrons. The SMILES string of the molecule is c1ccc(-c2nc(-c3cc4ccccc4c4oc5cc(N(c6ccccc6)c6ccccc6)ccc5c34)nc3ccccc23)cc1. The molecule has 0 aliphatic heterocycles. The van der Waals surface area contributed by atoms with E-state index in [1.807, 2.05) is 30.3 Å². The van der Waals surface area contributed by atoms with E-state index in [9.17, 15) is 0 Å². The van der Waals surface area contributed by atoms with Crippen LogP contribution in [0.4, 0.5) is 17.1 Å². The van der Waals surface area contributed by atoms with Crippen molar-refractivity contribution in [2.75, 3.05) is 4.90 Å². The average molecular weight is 590 g/mol. The molecule has 0 aliphatic rings. The van der Waals surface area contributed by atoms with Crippen molar-refractivity contribution in [2.24, 2.45) is 0 Å². The van der Waals surface area contributed by atoms with Crippen molar-refractivity contribution in [2.45, 2.75) is 0 Å². The van der Waals surface area contributed by atoms with Gasteiger partial charge in [-0.25, -0.2) is 9.97 Å². The van der Waals surface area contributed by atoms with Crippen LogP contribution in [-0.2, 0) is 0 Å². The summed E-state index contributed by atoms with van der Waals surface area (Å²) in [5.74, 6) is 0.676. The number of fused-ring (bicyclic) bond motifs is 6. The molecule has 0 saturated heterocycles. The smallest absolute Gasteiger partial charge is 0.161 e. The minimum atomic E-state index is 0.676. The van der Waals surface area contributed by atoms with Crippen LogP contribution in [0.1, 0.15) is 0 Å². The molecular formula is C42H27N3O. The average Bonchev–Trinajstić information content (AvgIpc) is 3.51. The molecule has 0 N–H and O–H groups in total. The first-order chi connectivity index (χ1) is 22.8. The van der Waals surface area contributed by atoms with Crippen molar-refractivity contribution >= 4 is 60.7 Å². The van der Waals surface area contributed by atoms with Crippen molar-refractivity contribution in [1.29, 1.82) is 0 Å². The second kappa shape index (κ2) is 10.7. The fourth-order valence-corrected chi connectivity index (χ4v) is 6.53. The summed E-state index contributed by atoms with van der Waals surface area (Å²) in [7, 11) is 0. The summed E-state index contributed by atoms with van der Waals surface area (Å²) in [6.07, 6.45) is 0. The van der Waals surface area contributed by atoms with Gasteiger partial charge in [-0.15, -0.1) is 0 Å². The Morgan fingerprint density at radius 2 is 1.11 bits per heavy atom. The van der Waals surface area contributed by atoms with E-state index < -0.39 is 0 Å². The Hall–Kier alpha value is -6.26. The van der Waals surface area contributed by atoms with Crippen LogP contribution in [0.15, 0.2) is 168 Å². The molecule has 7 aromatic carbocycles. The molecule has 4 heteroatoms. The summed E-state index contributed by atoms with van der Waals surface area (Å²) >= 11 is 0. The lowest BCUT2D eigenvalue weighted by atomic mass is 9.98. The van der Waals surface area contributed by atoms with Crippen molar-refractivity contribution < 1.29 is 4.42 Å². The highest BCUT2D eigenvalue weighted by molar-refractivity contribution is 6.21. The zero-order valence-corrected chi connectivity index (χ0v) is 24.8. The van der Waals surface area contributed by atoms with Crippen LogP contribution in [-0.4, -0.2) is 9.97 Å². The number of rotatable bonds is 5. The molecular weight excluding hydrogens is 562 g/mol. The third kappa shape index (κ3) is 4.31. The van der Waals surface area contributed by atoms with Gasteiger partial charge in [0.1, 0.15) is 11.2 Å². The Morgan fingerprint density at radius 3 is 1.85 bits per heavy atom. The largest absolute Gasteiger partial charge is 0.455 e. The Kier molecular flexibility index (Phi) is 6.10. The molecule has 0 aliphatic carbocycles. The molecule has 9 aromatic rings. The number of nitrogens with zero attached hydrogens (tertiary/aromatic N) is 3. The summed E-state index contributed by atoms with van der Waals surface area (Å²) in [5, 5.41) is 5.21. The summed E-state index contributed by atoms with van der Waals surface area (Å²) in [6, 6.07) is 56.5. The van der Waals surface area contributed by atoms with Gasteiger partial charge in [-0.05, 0) is 53.9 Å². The molecule has 46 heavy (non-hydrogen) atoms. The number of hydrogen-bond donors (Lipinski definition) is 0. The van der Waals surface area contributed by atoms with Crippen LogP contribution in [0, 0.1) is 0 Å². The van der Waals surface area contributed by atoms with Gasteiger partial charge in [-0.1, -0.05) is 109 Å². The lowest BCUT2D eigenvalue weighted by Crippen LogP contribution is -2.09. The summed E-state index contributed by atoms with van der Waals surface area (Å²) in [6.45, 7) is 0. The van der Waals surface area contributed by atoms with Gasteiger partial charge in [-0.2, -0.15) is 0 Å². The van der Waals surface area contributed by atoms with Crippen LogP contribution in [0.5, 0.6) is 0 Å². The quantitative estimate of drug-likeness (QED) is 0.200. The normalized spacial score (nSPS) is 11.5. The van der Waals surface area contributed by atoms with E-state index in [0.717, 1.165) is 77.5 Å². The van der Waals surface area contributed by atoms with E-state index in [0.29, 0.717) is 5.82 Å². The fourth-order valence-electron chi connectivity index (χ4n) is 6.53. The third-order valence-corrected chi connectivity index (χ3v) is 8.63. The van der Waals surface area contributed by atoms with Gasteiger partial charge in [0.2, 0.25) is 0 Å². The maximum absolute atomic E-state index is 6.81. The second-order valence-corrected chi connectivity index (χ2v) is 11.4. The number of hydrogen-bond acceptors (Lipinski definition) is 4. The Bertz CT molecular complexity index is 2480. The van der Waals surface area contributed by atoms with E-state index in [-0.39, 0.29) is 0 Å². The first kappa shape index (κ1) is 26.2. The van der Waals surface area contributed by atoms with Gasteiger partial charge in [0, 0.05) is 55.8 Å². The highest BCUT2D eigenvalue weighted by atomic mass is 16.3. The van der Waals surface area contributed by atoms with Gasteiger partial charge in [0.15, 0.2) is 5.82 Å². The van der Waals surface area contributed by atoms with Crippen LogP contribution in [0.3, 0.4) is 0 Å². The maximum Gasteiger partial charge on any atom is 0.161 e. The standard InChI is InChI=1S/C42H27N3O/c1-4-14-28(15-5-1)40-34-22-12-13-23-37(34)43-42(44-40)36-26-29-16-10-11-21-33(29)41-39(36)35-25-24-32(27-38(35)46-41)45(30-17-6-2-7-18-30)31-19-8-3-9-20-31/h1-27H. The van der Waals surface area contributed by atoms with Crippen LogP contribution in [0.25, 0.3) is 66.3 Å². The lowest BCUT2D eigenvalue weighted by Gasteiger charge is -2.25. The highest BCUT2D eigenvalue weighted by Gasteiger charge is 2.21. The van der Waals surface area contributed by atoms with E-state index in [1.54, 1.807) is 0 Å². The van der Waals surface area contributed by atoms with Gasteiger partial charge in [-0.3, -0.25) is 0 Å². The van der Waals surface area contributed by atoms with Crippen molar-refractivity contribution in [3.8, 4) is 22.6 Å². The number of benzene rings is 7. The molecule has 0 amide bonds. The Morgan fingerprint density at radius 1 is 0.478 bits per heavy atom. The molecule has 0 spiro atoms. The van der Waals surface area contributed by atoms with Gasteiger partial charge in [0.05, 0.1) is 11.2 Å². The van der Waals surface area contributed by atoms with Crippen LogP contribution < -0.4 is 4.90 Å². The molecule has 0 unspecified atom stereocenters. The number of anilines is 3. The summed E-state index contributed by atoms with van der Waals surface area (Å²) < 4.78 is 6.81. The first-order valence-corrected chi connectivity index (χ1v) is 15.4. The molecule has 9 rings (SSSR count). The lowest BCUT2D eigenvalue weighted by molar-refractivity contribution is 0.673. The first-order valence-electron chi connectivity index (χ1n) is 15.4. The van der Waals surface area contributed by atoms with Gasteiger partial charge in [0.25, 0.3) is 0 Å². The van der Waals surface area contributed by atoms with E-state index in [2.05, 4.69) is 138 Å².